The highest BCUT2D eigenvalue weighted by Crippen LogP contribution is 2.30. The van der Waals surface area contributed by atoms with Crippen molar-refractivity contribution in [3.05, 3.63) is 52.4 Å². The van der Waals surface area contributed by atoms with Crippen molar-refractivity contribution in [2.24, 2.45) is 0 Å². The van der Waals surface area contributed by atoms with Crippen LogP contribution in [0.25, 0.3) is 21.6 Å². The standard InChI is InChI=1S/C15H9BrN4OS2/c16-10-3-1-2-9(6-10)13-19-12(21-20-13)7-23-15-11-4-5-22-14(11)17-8-18-15/h1-6,8H,7H2. The number of nitrogens with zero attached hydrogens (tertiary/aromatic N) is 4. The van der Waals surface area contributed by atoms with Crippen LogP contribution >= 0.6 is 39.0 Å². The minimum atomic E-state index is 0.572. The summed E-state index contributed by atoms with van der Waals surface area (Å²) in [5, 5.41) is 8.05. The van der Waals surface area contributed by atoms with Crippen LogP contribution in [0.1, 0.15) is 5.89 Å². The summed E-state index contributed by atoms with van der Waals surface area (Å²) in [6.07, 6.45) is 1.59. The third-order valence-electron chi connectivity index (χ3n) is 3.11. The average Bonchev–Trinajstić information content (AvgIpc) is 3.22. The Morgan fingerprint density at radius 3 is 3.09 bits per heavy atom. The second-order valence-electron chi connectivity index (χ2n) is 4.63. The van der Waals surface area contributed by atoms with Crippen molar-refractivity contribution >= 4 is 49.2 Å². The Kier molecular flexibility index (Phi) is 4.11. The number of benzene rings is 1. The average molecular weight is 405 g/mol. The van der Waals surface area contributed by atoms with E-state index in [1.54, 1.807) is 29.4 Å². The van der Waals surface area contributed by atoms with Gasteiger partial charge in [0.1, 0.15) is 16.2 Å². The quantitative estimate of drug-likeness (QED) is 0.359. The molecule has 0 fully saturated rings. The maximum atomic E-state index is 5.34. The Morgan fingerprint density at radius 2 is 2.17 bits per heavy atom. The van der Waals surface area contributed by atoms with Gasteiger partial charge >= 0.3 is 0 Å². The van der Waals surface area contributed by atoms with Gasteiger partial charge in [0, 0.05) is 15.4 Å². The lowest BCUT2D eigenvalue weighted by atomic mass is 10.2. The molecule has 0 amide bonds. The van der Waals surface area contributed by atoms with Crippen molar-refractivity contribution in [3.8, 4) is 11.4 Å². The molecule has 114 valence electrons. The summed E-state index contributed by atoms with van der Waals surface area (Å²) in [6.45, 7) is 0. The molecule has 1 aromatic carbocycles. The Labute approximate surface area is 148 Å². The molecule has 4 rings (SSSR count). The van der Waals surface area contributed by atoms with E-state index in [0.717, 1.165) is 25.3 Å². The number of hydrogen-bond acceptors (Lipinski definition) is 7. The van der Waals surface area contributed by atoms with Crippen LogP contribution in [0.4, 0.5) is 0 Å². The summed E-state index contributed by atoms with van der Waals surface area (Å²) in [5.74, 6) is 1.74. The van der Waals surface area contributed by atoms with E-state index in [1.807, 2.05) is 35.7 Å². The Hall–Kier alpha value is -1.77. The summed E-state index contributed by atoms with van der Waals surface area (Å²) in [7, 11) is 0. The molecule has 0 spiro atoms. The predicted octanol–water partition coefficient (Wildman–Crippen LogP) is 4.80. The van der Waals surface area contributed by atoms with E-state index < -0.39 is 0 Å². The van der Waals surface area contributed by atoms with Gasteiger partial charge in [-0.3, -0.25) is 0 Å². The molecule has 0 bridgehead atoms. The van der Waals surface area contributed by atoms with Gasteiger partial charge in [0.2, 0.25) is 11.7 Å². The number of rotatable bonds is 4. The fourth-order valence-electron chi connectivity index (χ4n) is 2.07. The minimum absolute atomic E-state index is 0.572. The fraction of sp³-hybridized carbons (Fsp3) is 0.0667. The number of hydrogen-bond donors (Lipinski definition) is 0. The molecule has 0 radical (unpaired) electrons. The SMILES string of the molecule is Brc1cccc(-c2noc(CSc3ncnc4sccc34)n2)c1. The van der Waals surface area contributed by atoms with E-state index in [9.17, 15) is 0 Å². The largest absolute Gasteiger partial charge is 0.338 e. The number of fused-ring (bicyclic) bond motifs is 1. The lowest BCUT2D eigenvalue weighted by Crippen LogP contribution is -1.86. The first-order valence-electron chi connectivity index (χ1n) is 6.69. The molecule has 0 N–H and O–H groups in total. The van der Waals surface area contributed by atoms with Crippen LogP contribution in [0, 0.1) is 0 Å². The smallest absolute Gasteiger partial charge is 0.237 e. The van der Waals surface area contributed by atoms with Crippen LogP contribution in [0.5, 0.6) is 0 Å². The zero-order chi connectivity index (χ0) is 15.6. The normalized spacial score (nSPS) is 11.2. The first-order chi connectivity index (χ1) is 11.3. The Bertz CT molecular complexity index is 969. The van der Waals surface area contributed by atoms with E-state index in [4.69, 9.17) is 4.52 Å². The first kappa shape index (κ1) is 14.8. The van der Waals surface area contributed by atoms with Crippen LogP contribution in [0.2, 0.25) is 0 Å². The third-order valence-corrected chi connectivity index (χ3v) is 5.41. The molecular formula is C15H9BrN4OS2. The fourth-order valence-corrected chi connectivity index (χ4v) is 4.09. The van der Waals surface area contributed by atoms with Crippen molar-refractivity contribution in [2.45, 2.75) is 10.8 Å². The molecule has 0 atom stereocenters. The third kappa shape index (κ3) is 3.15. The molecule has 0 aliphatic heterocycles. The first-order valence-corrected chi connectivity index (χ1v) is 9.35. The highest BCUT2D eigenvalue weighted by molar-refractivity contribution is 9.10. The Morgan fingerprint density at radius 1 is 1.22 bits per heavy atom. The van der Waals surface area contributed by atoms with Crippen molar-refractivity contribution in [1.29, 1.82) is 0 Å². The molecule has 4 aromatic rings. The van der Waals surface area contributed by atoms with E-state index >= 15 is 0 Å². The van der Waals surface area contributed by atoms with Gasteiger partial charge in [-0.05, 0) is 23.6 Å². The second kappa shape index (κ2) is 6.38. The summed E-state index contributed by atoms with van der Waals surface area (Å²) in [4.78, 5) is 14.0. The molecule has 8 heteroatoms. The van der Waals surface area contributed by atoms with Crippen LogP contribution in [-0.2, 0) is 5.75 Å². The second-order valence-corrected chi connectivity index (χ2v) is 7.40. The molecule has 0 saturated carbocycles. The lowest BCUT2D eigenvalue weighted by molar-refractivity contribution is 0.391. The van der Waals surface area contributed by atoms with Gasteiger partial charge in [-0.25, -0.2) is 9.97 Å². The van der Waals surface area contributed by atoms with Crippen molar-refractivity contribution < 1.29 is 4.52 Å². The van der Waals surface area contributed by atoms with Gasteiger partial charge in [-0.15, -0.1) is 11.3 Å². The number of halogens is 1. The summed E-state index contributed by atoms with van der Waals surface area (Å²) in [6, 6.07) is 9.84. The molecule has 3 heterocycles. The van der Waals surface area contributed by atoms with Crippen LogP contribution < -0.4 is 0 Å². The van der Waals surface area contributed by atoms with Gasteiger partial charge in [-0.2, -0.15) is 4.98 Å². The summed E-state index contributed by atoms with van der Waals surface area (Å²) >= 11 is 6.62. The van der Waals surface area contributed by atoms with Gasteiger partial charge in [-0.1, -0.05) is 45.0 Å². The van der Waals surface area contributed by atoms with Crippen LogP contribution in [0.3, 0.4) is 0 Å². The number of thiophene rings is 1. The molecule has 3 aromatic heterocycles. The zero-order valence-corrected chi connectivity index (χ0v) is 14.9. The Balaban J connectivity index is 1.53. The number of aromatic nitrogens is 4. The van der Waals surface area contributed by atoms with E-state index in [-0.39, 0.29) is 0 Å². The van der Waals surface area contributed by atoms with Crippen LogP contribution in [0.15, 0.2) is 56.1 Å². The maximum absolute atomic E-state index is 5.34. The highest BCUT2D eigenvalue weighted by Gasteiger charge is 2.11. The van der Waals surface area contributed by atoms with Crippen molar-refractivity contribution in [2.75, 3.05) is 0 Å². The van der Waals surface area contributed by atoms with Gasteiger partial charge in [0.15, 0.2) is 0 Å². The monoisotopic (exact) mass is 404 g/mol. The molecular weight excluding hydrogens is 396 g/mol. The van der Waals surface area contributed by atoms with E-state index in [0.29, 0.717) is 17.5 Å². The van der Waals surface area contributed by atoms with Gasteiger partial charge < -0.3 is 4.52 Å². The molecule has 5 nitrogen and oxygen atoms in total. The number of thioether (sulfide) groups is 1. The van der Waals surface area contributed by atoms with Crippen molar-refractivity contribution in [3.63, 3.8) is 0 Å². The summed E-state index contributed by atoms with van der Waals surface area (Å²) in [5.41, 5.74) is 0.918. The van der Waals surface area contributed by atoms with E-state index in [1.165, 1.54) is 0 Å². The molecule has 0 aliphatic carbocycles. The maximum Gasteiger partial charge on any atom is 0.237 e. The van der Waals surface area contributed by atoms with Crippen LogP contribution in [-0.4, -0.2) is 20.1 Å². The topological polar surface area (TPSA) is 64.7 Å². The minimum Gasteiger partial charge on any atom is -0.338 e. The van der Waals surface area contributed by atoms with E-state index in [2.05, 4.69) is 36.0 Å². The molecule has 23 heavy (non-hydrogen) atoms. The predicted molar refractivity (Wildman–Crippen MR) is 94.4 cm³/mol. The highest BCUT2D eigenvalue weighted by atomic mass is 79.9. The molecule has 0 aliphatic rings. The van der Waals surface area contributed by atoms with Gasteiger partial charge in [0.05, 0.1) is 5.75 Å². The lowest BCUT2D eigenvalue weighted by Gasteiger charge is -1.98. The summed E-state index contributed by atoms with van der Waals surface area (Å²) < 4.78 is 6.32. The zero-order valence-electron chi connectivity index (χ0n) is 11.6. The molecule has 0 saturated heterocycles. The van der Waals surface area contributed by atoms with Crippen molar-refractivity contribution in [1.82, 2.24) is 20.1 Å². The van der Waals surface area contributed by atoms with Gasteiger partial charge in [0.25, 0.3) is 0 Å². The molecule has 0 unspecified atom stereocenters.